The molecule has 0 saturated carbocycles. The molecule has 9 heteroatoms. The second-order valence-corrected chi connectivity index (χ2v) is 8.85. The van der Waals surface area contributed by atoms with Gasteiger partial charge in [0.2, 0.25) is 0 Å². The Morgan fingerprint density at radius 1 is 0.889 bits per heavy atom. The van der Waals surface area contributed by atoms with E-state index in [9.17, 15) is 14.4 Å². The number of ether oxygens (including phenoxy) is 3. The maximum absolute atomic E-state index is 12.9. The molecule has 0 spiro atoms. The van der Waals surface area contributed by atoms with Crippen LogP contribution < -0.4 is 25.8 Å². The van der Waals surface area contributed by atoms with E-state index >= 15 is 0 Å². The van der Waals surface area contributed by atoms with Crippen LogP contribution in [0.5, 0.6) is 11.5 Å². The lowest BCUT2D eigenvalue weighted by atomic mass is 10.1. The molecule has 0 unspecified atom stereocenters. The van der Waals surface area contributed by atoms with Gasteiger partial charge in [-0.05, 0) is 68.8 Å². The summed E-state index contributed by atoms with van der Waals surface area (Å²) in [5.74, 6) is -0.168. The smallest absolute Gasteiger partial charge is 0.412 e. The molecule has 0 aromatic heterocycles. The van der Waals surface area contributed by atoms with Crippen molar-refractivity contribution >= 4 is 29.3 Å². The fourth-order valence-corrected chi connectivity index (χ4v) is 3.26. The molecule has 0 heterocycles. The summed E-state index contributed by atoms with van der Waals surface area (Å²) >= 11 is 0. The van der Waals surface area contributed by atoms with E-state index in [1.165, 1.54) is 7.11 Å². The highest BCUT2D eigenvalue weighted by Gasteiger charge is 2.18. The zero-order chi connectivity index (χ0) is 26.3. The number of primary amides is 1. The fraction of sp³-hybridized carbons (Fsp3) is 0.222. The maximum Gasteiger partial charge on any atom is 0.412 e. The predicted molar refractivity (Wildman–Crippen MR) is 137 cm³/mol. The molecule has 0 aliphatic heterocycles. The molecular formula is C27H29N3O6. The number of amides is 3. The molecule has 0 radical (unpaired) electrons. The van der Waals surface area contributed by atoms with Gasteiger partial charge < -0.3 is 25.3 Å². The van der Waals surface area contributed by atoms with E-state index in [2.05, 4.69) is 10.6 Å². The van der Waals surface area contributed by atoms with Crippen LogP contribution >= 0.6 is 0 Å². The van der Waals surface area contributed by atoms with Crippen LogP contribution in [0, 0.1) is 0 Å². The Bertz CT molecular complexity index is 1270. The second-order valence-electron chi connectivity index (χ2n) is 8.85. The monoisotopic (exact) mass is 491 g/mol. The molecule has 0 aliphatic carbocycles. The van der Waals surface area contributed by atoms with Crippen LogP contribution in [-0.4, -0.2) is 30.6 Å². The van der Waals surface area contributed by atoms with E-state index in [1.54, 1.807) is 87.5 Å². The second kappa shape index (κ2) is 11.3. The van der Waals surface area contributed by atoms with Crippen LogP contribution in [0.15, 0.2) is 66.7 Å². The van der Waals surface area contributed by atoms with Gasteiger partial charge in [-0.25, -0.2) is 4.79 Å². The quantitative estimate of drug-likeness (QED) is 0.408. The third-order valence-electron chi connectivity index (χ3n) is 4.83. The van der Waals surface area contributed by atoms with Crippen LogP contribution in [0.2, 0.25) is 0 Å². The van der Waals surface area contributed by atoms with E-state index in [0.717, 1.165) is 5.56 Å². The van der Waals surface area contributed by atoms with E-state index in [0.29, 0.717) is 28.4 Å². The fourth-order valence-electron chi connectivity index (χ4n) is 3.26. The van der Waals surface area contributed by atoms with Gasteiger partial charge in [-0.15, -0.1) is 0 Å². The number of benzene rings is 3. The van der Waals surface area contributed by atoms with E-state index in [-0.39, 0.29) is 18.1 Å². The Balaban J connectivity index is 1.71. The first kappa shape index (κ1) is 26.1. The molecule has 0 bridgehead atoms. The maximum atomic E-state index is 12.9. The number of nitrogens with two attached hydrogens (primary N) is 1. The van der Waals surface area contributed by atoms with Crippen LogP contribution in [0.3, 0.4) is 0 Å². The molecule has 0 fully saturated rings. The highest BCUT2D eigenvalue weighted by Crippen LogP contribution is 2.29. The molecule has 3 rings (SSSR count). The lowest BCUT2D eigenvalue weighted by molar-refractivity contribution is 0.0635. The summed E-state index contributed by atoms with van der Waals surface area (Å²) in [4.78, 5) is 36.7. The molecule has 36 heavy (non-hydrogen) atoms. The Labute approximate surface area is 209 Å². The average Bonchev–Trinajstić information content (AvgIpc) is 2.82. The van der Waals surface area contributed by atoms with Crippen molar-refractivity contribution in [3.05, 3.63) is 83.4 Å². The topological polar surface area (TPSA) is 129 Å². The molecule has 0 aliphatic rings. The molecular weight excluding hydrogens is 462 g/mol. The number of hydrogen-bond acceptors (Lipinski definition) is 6. The lowest BCUT2D eigenvalue weighted by Gasteiger charge is -2.20. The SMILES string of the molecule is COc1ccc(NC(=O)c2cccc(COc3ccccc3C(N)=O)c2)cc1NC(=O)OC(C)(C)C. The first-order valence-corrected chi connectivity index (χ1v) is 11.2. The lowest BCUT2D eigenvalue weighted by Crippen LogP contribution is -2.27. The van der Waals surface area contributed by atoms with Crippen molar-refractivity contribution in [1.29, 1.82) is 0 Å². The predicted octanol–water partition coefficient (Wildman–Crippen LogP) is 4.97. The first-order chi connectivity index (χ1) is 17.1. The number of anilines is 2. The van der Waals surface area contributed by atoms with Crippen LogP contribution in [0.25, 0.3) is 0 Å². The van der Waals surface area contributed by atoms with Gasteiger partial charge in [0, 0.05) is 11.3 Å². The molecule has 0 saturated heterocycles. The molecule has 4 N–H and O–H groups in total. The molecule has 3 amide bonds. The van der Waals surface area contributed by atoms with Gasteiger partial charge in [-0.2, -0.15) is 0 Å². The van der Waals surface area contributed by atoms with E-state index < -0.39 is 17.6 Å². The molecule has 188 valence electrons. The molecule has 3 aromatic carbocycles. The number of carbonyl (C=O) groups is 3. The van der Waals surface area contributed by atoms with Gasteiger partial charge in [0.1, 0.15) is 23.7 Å². The Morgan fingerprint density at radius 2 is 1.64 bits per heavy atom. The number of rotatable bonds is 8. The molecule has 9 nitrogen and oxygen atoms in total. The Morgan fingerprint density at radius 3 is 2.33 bits per heavy atom. The van der Waals surface area contributed by atoms with Gasteiger partial charge >= 0.3 is 6.09 Å². The van der Waals surface area contributed by atoms with Gasteiger partial charge in [0.25, 0.3) is 11.8 Å². The summed E-state index contributed by atoms with van der Waals surface area (Å²) in [7, 11) is 1.48. The molecule has 0 atom stereocenters. The zero-order valence-corrected chi connectivity index (χ0v) is 20.6. The standard InChI is InChI=1S/C27H29N3O6/c1-27(2,3)36-26(33)30-21-15-19(12-13-23(21)34-4)29-25(32)18-9-7-8-17(14-18)16-35-22-11-6-5-10-20(22)24(28)31/h5-15H,16H2,1-4H3,(H2,28,31)(H,29,32)(H,30,33). The van der Waals surface area contributed by atoms with E-state index in [4.69, 9.17) is 19.9 Å². The Kier molecular flexibility index (Phi) is 8.16. The highest BCUT2D eigenvalue weighted by atomic mass is 16.6. The summed E-state index contributed by atoms with van der Waals surface area (Å²) in [6.45, 7) is 5.42. The van der Waals surface area contributed by atoms with Gasteiger partial charge in [-0.1, -0.05) is 24.3 Å². The van der Waals surface area contributed by atoms with E-state index in [1.807, 2.05) is 0 Å². The minimum atomic E-state index is -0.667. The summed E-state index contributed by atoms with van der Waals surface area (Å²) < 4.78 is 16.3. The highest BCUT2D eigenvalue weighted by molar-refractivity contribution is 6.05. The van der Waals surface area contributed by atoms with Crippen LogP contribution in [0.1, 0.15) is 47.1 Å². The average molecular weight is 492 g/mol. The number of hydrogen-bond donors (Lipinski definition) is 3. The summed E-state index contributed by atoms with van der Waals surface area (Å²) in [5, 5.41) is 5.45. The van der Waals surface area contributed by atoms with Crippen LogP contribution in [0.4, 0.5) is 16.2 Å². The van der Waals surface area contributed by atoms with Gasteiger partial charge in [-0.3, -0.25) is 14.9 Å². The third kappa shape index (κ3) is 7.23. The van der Waals surface area contributed by atoms with Crippen molar-refractivity contribution in [2.45, 2.75) is 33.0 Å². The molecule has 3 aromatic rings. The Hall–Kier alpha value is -4.53. The van der Waals surface area contributed by atoms with Crippen molar-refractivity contribution in [3.63, 3.8) is 0 Å². The minimum absolute atomic E-state index is 0.137. The summed E-state index contributed by atoms with van der Waals surface area (Å²) in [6.07, 6.45) is -0.644. The van der Waals surface area contributed by atoms with Gasteiger partial charge in [0.05, 0.1) is 18.4 Å². The normalized spacial score (nSPS) is 10.8. The third-order valence-corrected chi connectivity index (χ3v) is 4.83. The van der Waals surface area contributed by atoms with Crippen molar-refractivity contribution in [2.24, 2.45) is 5.73 Å². The number of carbonyl (C=O) groups excluding carboxylic acids is 3. The van der Waals surface area contributed by atoms with Crippen molar-refractivity contribution < 1.29 is 28.6 Å². The van der Waals surface area contributed by atoms with Crippen molar-refractivity contribution in [2.75, 3.05) is 17.7 Å². The van der Waals surface area contributed by atoms with Crippen molar-refractivity contribution in [1.82, 2.24) is 0 Å². The van der Waals surface area contributed by atoms with Crippen molar-refractivity contribution in [3.8, 4) is 11.5 Å². The number of nitrogens with one attached hydrogen (secondary N) is 2. The summed E-state index contributed by atoms with van der Waals surface area (Å²) in [6, 6.07) is 18.4. The minimum Gasteiger partial charge on any atom is -0.495 e. The number of methoxy groups -OCH3 is 1. The first-order valence-electron chi connectivity index (χ1n) is 11.2. The largest absolute Gasteiger partial charge is 0.495 e. The van der Waals surface area contributed by atoms with Crippen LogP contribution in [-0.2, 0) is 11.3 Å². The summed E-state index contributed by atoms with van der Waals surface area (Å²) in [5.41, 5.74) is 6.93. The number of para-hydroxylation sites is 1. The zero-order valence-electron chi connectivity index (χ0n) is 20.6. The van der Waals surface area contributed by atoms with Gasteiger partial charge in [0.15, 0.2) is 0 Å².